The monoisotopic (exact) mass is 264 g/mol. The lowest BCUT2D eigenvalue weighted by atomic mass is 10.2. The van der Waals surface area contributed by atoms with Gasteiger partial charge in [0.25, 0.3) is 0 Å². The lowest BCUT2D eigenvalue weighted by Crippen LogP contribution is -2.25. The van der Waals surface area contributed by atoms with Crippen molar-refractivity contribution in [2.75, 3.05) is 13.2 Å². The molecule has 19 heavy (non-hydrogen) atoms. The lowest BCUT2D eigenvalue weighted by Gasteiger charge is -2.13. The summed E-state index contributed by atoms with van der Waals surface area (Å²) in [6.45, 7) is 7.07. The molecule has 4 heteroatoms. The molecule has 1 atom stereocenters. The van der Waals surface area contributed by atoms with Crippen molar-refractivity contribution in [2.24, 2.45) is 0 Å². The van der Waals surface area contributed by atoms with Crippen LogP contribution in [0.4, 0.5) is 0 Å². The number of benzene rings is 1. The molecule has 1 aromatic rings. The van der Waals surface area contributed by atoms with Crippen LogP contribution < -0.4 is 4.74 Å². The molecule has 0 amide bonds. The Morgan fingerprint density at radius 2 is 1.95 bits per heavy atom. The molecule has 0 heterocycles. The molecule has 0 radical (unpaired) electrons. The predicted molar refractivity (Wildman–Crippen MR) is 73.1 cm³/mol. The fraction of sp³-hybridized carbons (Fsp3) is 0.400. The summed E-state index contributed by atoms with van der Waals surface area (Å²) in [6, 6.07) is 7.66. The largest absolute Gasteiger partial charge is 0.491 e. The molecule has 0 fully saturated rings. The normalized spacial score (nSPS) is 11.7. The number of ether oxygens (including phenoxy) is 2. The number of aryl methyl sites for hydroxylation is 1. The van der Waals surface area contributed by atoms with E-state index >= 15 is 0 Å². The SMILES string of the molecule is C=C(C)C(=O)OCC(O)COc1ccc(CC)cc1. The summed E-state index contributed by atoms with van der Waals surface area (Å²) >= 11 is 0. The zero-order chi connectivity index (χ0) is 14.3. The molecule has 1 rings (SSSR count). The molecule has 0 aromatic heterocycles. The van der Waals surface area contributed by atoms with Gasteiger partial charge in [-0.15, -0.1) is 0 Å². The van der Waals surface area contributed by atoms with Crippen molar-refractivity contribution >= 4 is 5.97 Å². The second-order valence-electron chi connectivity index (χ2n) is 4.34. The minimum atomic E-state index is -0.853. The molecule has 0 saturated heterocycles. The number of esters is 1. The fourth-order valence-corrected chi connectivity index (χ4v) is 1.36. The van der Waals surface area contributed by atoms with Gasteiger partial charge in [-0.2, -0.15) is 0 Å². The molecule has 1 unspecified atom stereocenters. The van der Waals surface area contributed by atoms with Gasteiger partial charge in [-0.25, -0.2) is 4.79 Å². The maximum absolute atomic E-state index is 11.1. The summed E-state index contributed by atoms with van der Waals surface area (Å²) in [7, 11) is 0. The molecule has 4 nitrogen and oxygen atoms in total. The van der Waals surface area contributed by atoms with Gasteiger partial charge in [-0.05, 0) is 31.0 Å². The van der Waals surface area contributed by atoms with Crippen LogP contribution in [-0.4, -0.2) is 30.4 Å². The lowest BCUT2D eigenvalue weighted by molar-refractivity contribution is -0.142. The van der Waals surface area contributed by atoms with Crippen LogP contribution in [0.1, 0.15) is 19.4 Å². The molecule has 0 aliphatic carbocycles. The van der Waals surface area contributed by atoms with E-state index in [9.17, 15) is 9.90 Å². The average molecular weight is 264 g/mol. The van der Waals surface area contributed by atoms with Gasteiger partial charge < -0.3 is 14.6 Å². The van der Waals surface area contributed by atoms with Crippen molar-refractivity contribution in [3.63, 3.8) is 0 Å². The van der Waals surface area contributed by atoms with Gasteiger partial charge in [0.15, 0.2) is 0 Å². The van der Waals surface area contributed by atoms with Crippen LogP contribution in [0.3, 0.4) is 0 Å². The van der Waals surface area contributed by atoms with E-state index in [-0.39, 0.29) is 13.2 Å². The molecule has 1 N–H and O–H groups in total. The number of hydrogen-bond donors (Lipinski definition) is 1. The number of carbonyl (C=O) groups is 1. The van der Waals surface area contributed by atoms with Gasteiger partial charge in [0, 0.05) is 5.57 Å². The van der Waals surface area contributed by atoms with Crippen LogP contribution in [0.5, 0.6) is 5.75 Å². The highest BCUT2D eigenvalue weighted by atomic mass is 16.5. The van der Waals surface area contributed by atoms with Gasteiger partial charge in [0.1, 0.15) is 25.1 Å². The Balaban J connectivity index is 2.31. The molecule has 104 valence electrons. The van der Waals surface area contributed by atoms with Crippen LogP contribution in [0.25, 0.3) is 0 Å². The van der Waals surface area contributed by atoms with E-state index in [0.717, 1.165) is 6.42 Å². The average Bonchev–Trinajstić information content (AvgIpc) is 2.42. The third-order valence-corrected chi connectivity index (χ3v) is 2.53. The van der Waals surface area contributed by atoms with E-state index in [1.54, 1.807) is 6.92 Å². The number of aliphatic hydroxyl groups is 1. The second-order valence-corrected chi connectivity index (χ2v) is 4.34. The molecule has 0 aliphatic rings. The Bertz CT molecular complexity index is 422. The van der Waals surface area contributed by atoms with Gasteiger partial charge in [0.2, 0.25) is 0 Å². The maximum atomic E-state index is 11.1. The van der Waals surface area contributed by atoms with Crippen molar-refractivity contribution in [3.05, 3.63) is 42.0 Å². The maximum Gasteiger partial charge on any atom is 0.333 e. The summed E-state index contributed by atoms with van der Waals surface area (Å²) in [5.41, 5.74) is 1.53. The summed E-state index contributed by atoms with van der Waals surface area (Å²) in [4.78, 5) is 11.1. The highest BCUT2D eigenvalue weighted by Crippen LogP contribution is 2.12. The van der Waals surface area contributed by atoms with Crippen LogP contribution in [0, 0.1) is 0 Å². The fourth-order valence-electron chi connectivity index (χ4n) is 1.36. The zero-order valence-electron chi connectivity index (χ0n) is 11.4. The summed E-state index contributed by atoms with van der Waals surface area (Å²) < 4.78 is 10.2. The number of aliphatic hydroxyl groups excluding tert-OH is 1. The quantitative estimate of drug-likeness (QED) is 0.605. The summed E-state index contributed by atoms with van der Waals surface area (Å²) in [5.74, 6) is 0.175. The Morgan fingerprint density at radius 1 is 1.32 bits per heavy atom. The molecular weight excluding hydrogens is 244 g/mol. The van der Waals surface area contributed by atoms with Crippen LogP contribution in [-0.2, 0) is 16.0 Å². The predicted octanol–water partition coefficient (Wildman–Crippen LogP) is 2.11. The third-order valence-electron chi connectivity index (χ3n) is 2.53. The highest BCUT2D eigenvalue weighted by molar-refractivity contribution is 5.86. The standard InChI is InChI=1S/C15H20O4/c1-4-12-5-7-14(8-6-12)18-9-13(16)10-19-15(17)11(2)3/h5-8,13,16H,2,4,9-10H2,1,3H3. The Labute approximate surface area is 113 Å². The van der Waals surface area contributed by atoms with Crippen molar-refractivity contribution in [3.8, 4) is 5.75 Å². The Kier molecular flexibility index (Phi) is 6.09. The van der Waals surface area contributed by atoms with Crippen LogP contribution >= 0.6 is 0 Å². The van der Waals surface area contributed by atoms with E-state index in [0.29, 0.717) is 11.3 Å². The number of hydrogen-bond acceptors (Lipinski definition) is 4. The van der Waals surface area contributed by atoms with Crippen molar-refractivity contribution in [2.45, 2.75) is 26.4 Å². The first kappa shape index (κ1) is 15.2. The third kappa shape index (κ3) is 5.57. The molecule has 0 bridgehead atoms. The number of carbonyl (C=O) groups excluding carboxylic acids is 1. The minimum Gasteiger partial charge on any atom is -0.491 e. The highest BCUT2D eigenvalue weighted by Gasteiger charge is 2.10. The van der Waals surface area contributed by atoms with E-state index < -0.39 is 12.1 Å². The smallest absolute Gasteiger partial charge is 0.333 e. The molecule has 0 aliphatic heterocycles. The molecule has 0 saturated carbocycles. The first-order chi connectivity index (χ1) is 9.02. The summed E-state index contributed by atoms with van der Waals surface area (Å²) in [6.07, 6.45) is 0.119. The Morgan fingerprint density at radius 3 is 2.47 bits per heavy atom. The van der Waals surface area contributed by atoms with E-state index in [1.165, 1.54) is 5.56 Å². The molecule has 0 spiro atoms. The van der Waals surface area contributed by atoms with Gasteiger partial charge in [-0.3, -0.25) is 0 Å². The zero-order valence-corrected chi connectivity index (χ0v) is 11.4. The van der Waals surface area contributed by atoms with Crippen LogP contribution in [0.2, 0.25) is 0 Å². The Hall–Kier alpha value is -1.81. The molecule has 1 aromatic carbocycles. The van der Waals surface area contributed by atoms with Crippen LogP contribution in [0.15, 0.2) is 36.4 Å². The van der Waals surface area contributed by atoms with E-state index in [1.807, 2.05) is 24.3 Å². The van der Waals surface area contributed by atoms with Gasteiger partial charge >= 0.3 is 5.97 Å². The van der Waals surface area contributed by atoms with Gasteiger partial charge in [-0.1, -0.05) is 25.6 Å². The number of rotatable bonds is 7. The van der Waals surface area contributed by atoms with Crippen molar-refractivity contribution in [1.82, 2.24) is 0 Å². The van der Waals surface area contributed by atoms with E-state index in [4.69, 9.17) is 9.47 Å². The summed E-state index contributed by atoms with van der Waals surface area (Å²) in [5, 5.41) is 9.61. The minimum absolute atomic E-state index is 0.0783. The molecular formula is C15H20O4. The van der Waals surface area contributed by atoms with E-state index in [2.05, 4.69) is 13.5 Å². The first-order valence-corrected chi connectivity index (χ1v) is 6.25. The topological polar surface area (TPSA) is 55.8 Å². The first-order valence-electron chi connectivity index (χ1n) is 6.25. The second kappa shape index (κ2) is 7.59. The van der Waals surface area contributed by atoms with Crippen molar-refractivity contribution in [1.29, 1.82) is 0 Å². The van der Waals surface area contributed by atoms with Crippen molar-refractivity contribution < 1.29 is 19.4 Å². The van der Waals surface area contributed by atoms with Gasteiger partial charge in [0.05, 0.1) is 0 Å².